The minimum Gasteiger partial charge on any atom is -0.395 e. The number of benzene rings is 1. The van der Waals surface area contributed by atoms with Gasteiger partial charge in [-0.15, -0.1) is 0 Å². The zero-order valence-electron chi connectivity index (χ0n) is 10.1. The number of nitrogens with one attached hydrogen (secondary N) is 1. The predicted octanol–water partition coefficient (Wildman–Crippen LogP) is 0.421. The number of hydrogen-bond acceptors (Lipinski definition) is 4. The van der Waals surface area contributed by atoms with E-state index in [1.807, 2.05) is 30.3 Å². The highest BCUT2D eigenvalue weighted by atomic mass is 32.2. The first-order valence-corrected chi connectivity index (χ1v) is 7.09. The third kappa shape index (κ3) is 4.11. The van der Waals surface area contributed by atoms with Crippen molar-refractivity contribution in [2.75, 3.05) is 6.61 Å². The summed E-state index contributed by atoms with van der Waals surface area (Å²) in [6.45, 7) is 0.992. The van der Waals surface area contributed by atoms with Gasteiger partial charge in [0.2, 0.25) is 10.0 Å². The maximum atomic E-state index is 11.7. The molecule has 0 fully saturated rings. The zero-order valence-corrected chi connectivity index (χ0v) is 10.9. The van der Waals surface area contributed by atoms with Crippen LogP contribution in [0.5, 0.6) is 0 Å². The van der Waals surface area contributed by atoms with E-state index in [1.54, 1.807) is 6.07 Å². The fraction of sp³-hybridized carbons (Fsp3) is 0.417. The maximum Gasteiger partial charge on any atom is 0.228 e. The van der Waals surface area contributed by atoms with Gasteiger partial charge in [0.15, 0.2) is 5.25 Å². The Morgan fingerprint density at radius 3 is 2.50 bits per heavy atom. The highest BCUT2D eigenvalue weighted by molar-refractivity contribution is 7.90. The lowest BCUT2D eigenvalue weighted by Gasteiger charge is -2.17. The summed E-state index contributed by atoms with van der Waals surface area (Å²) in [5.74, 6) is 0. The number of aliphatic hydroxyl groups is 1. The van der Waals surface area contributed by atoms with E-state index in [0.29, 0.717) is 6.42 Å². The number of aliphatic hydroxyl groups excluding tert-OH is 1. The van der Waals surface area contributed by atoms with Crippen LogP contribution < -0.4 is 4.72 Å². The molecule has 1 aromatic carbocycles. The van der Waals surface area contributed by atoms with E-state index >= 15 is 0 Å². The molecule has 2 atom stereocenters. The lowest BCUT2D eigenvalue weighted by atomic mass is 10.1. The van der Waals surface area contributed by atoms with Crippen LogP contribution in [0.15, 0.2) is 30.3 Å². The van der Waals surface area contributed by atoms with E-state index < -0.39 is 21.3 Å². The fourth-order valence-corrected chi connectivity index (χ4v) is 2.41. The largest absolute Gasteiger partial charge is 0.395 e. The number of nitrogens with zero attached hydrogens (tertiary/aromatic N) is 1. The third-order valence-electron chi connectivity index (χ3n) is 2.52. The molecule has 0 spiro atoms. The molecule has 5 nitrogen and oxygen atoms in total. The molecule has 0 aliphatic heterocycles. The van der Waals surface area contributed by atoms with Crippen LogP contribution in [0.25, 0.3) is 0 Å². The molecule has 1 rings (SSSR count). The van der Waals surface area contributed by atoms with Crippen molar-refractivity contribution in [3.63, 3.8) is 0 Å². The van der Waals surface area contributed by atoms with E-state index in [2.05, 4.69) is 4.72 Å². The van der Waals surface area contributed by atoms with E-state index in [1.165, 1.54) is 6.92 Å². The standard InChI is InChI=1S/C12H16N2O3S/c1-10(8-13)18(16,17)14-12(9-15)7-11-5-3-2-4-6-11/h2-6,10,12,14-15H,7,9H2,1H3/t10?,12-/m0/s1. The zero-order chi connectivity index (χ0) is 13.6. The molecule has 0 saturated carbocycles. The molecule has 2 N–H and O–H groups in total. The van der Waals surface area contributed by atoms with Gasteiger partial charge in [-0.2, -0.15) is 5.26 Å². The Hall–Kier alpha value is -1.42. The van der Waals surface area contributed by atoms with Gasteiger partial charge in [-0.1, -0.05) is 30.3 Å². The van der Waals surface area contributed by atoms with E-state index in [0.717, 1.165) is 5.56 Å². The van der Waals surface area contributed by atoms with Gasteiger partial charge < -0.3 is 5.11 Å². The SMILES string of the molecule is CC(C#N)S(=O)(=O)N[C@H](CO)Cc1ccccc1. The molecule has 98 valence electrons. The molecule has 1 unspecified atom stereocenters. The molecule has 0 aliphatic carbocycles. The van der Waals surface area contributed by atoms with Crippen LogP contribution in [0, 0.1) is 11.3 Å². The number of nitriles is 1. The summed E-state index contributed by atoms with van der Waals surface area (Å²) < 4.78 is 25.7. The normalized spacial score (nSPS) is 14.7. The molecule has 0 aromatic heterocycles. The van der Waals surface area contributed by atoms with Gasteiger partial charge in [0.05, 0.1) is 12.7 Å². The first-order chi connectivity index (χ1) is 8.49. The molecule has 0 saturated heterocycles. The molecule has 0 amide bonds. The Balaban J connectivity index is 2.72. The van der Waals surface area contributed by atoms with Crippen molar-refractivity contribution in [1.82, 2.24) is 4.72 Å². The molecule has 18 heavy (non-hydrogen) atoms. The second-order valence-corrected chi connectivity index (χ2v) is 6.04. The van der Waals surface area contributed by atoms with Crippen LogP contribution in [0.3, 0.4) is 0 Å². The van der Waals surface area contributed by atoms with Crippen molar-refractivity contribution in [2.24, 2.45) is 0 Å². The van der Waals surface area contributed by atoms with Gasteiger partial charge in [0.25, 0.3) is 0 Å². The van der Waals surface area contributed by atoms with E-state index in [4.69, 9.17) is 5.26 Å². The van der Waals surface area contributed by atoms with E-state index in [9.17, 15) is 13.5 Å². The Morgan fingerprint density at radius 2 is 2.00 bits per heavy atom. The summed E-state index contributed by atoms with van der Waals surface area (Å²) in [6.07, 6.45) is 0.384. The van der Waals surface area contributed by atoms with Crippen LogP contribution in [0.4, 0.5) is 0 Å². The third-order valence-corrected chi connectivity index (χ3v) is 4.22. The maximum absolute atomic E-state index is 11.7. The van der Waals surface area contributed by atoms with Crippen molar-refractivity contribution in [3.8, 4) is 6.07 Å². The molecule has 0 heterocycles. The van der Waals surface area contributed by atoms with Crippen molar-refractivity contribution in [1.29, 1.82) is 5.26 Å². The number of sulfonamides is 1. The molecule has 0 radical (unpaired) electrons. The minimum atomic E-state index is -3.71. The highest BCUT2D eigenvalue weighted by Gasteiger charge is 2.23. The predicted molar refractivity (Wildman–Crippen MR) is 68.2 cm³/mol. The van der Waals surface area contributed by atoms with Gasteiger partial charge in [-0.3, -0.25) is 0 Å². The number of rotatable bonds is 6. The van der Waals surface area contributed by atoms with Crippen LogP contribution in [-0.2, 0) is 16.4 Å². The lowest BCUT2D eigenvalue weighted by Crippen LogP contribution is -2.42. The molecular formula is C12H16N2O3S. The van der Waals surface area contributed by atoms with Crippen molar-refractivity contribution < 1.29 is 13.5 Å². The first-order valence-electron chi connectivity index (χ1n) is 5.55. The smallest absolute Gasteiger partial charge is 0.228 e. The summed E-state index contributed by atoms with van der Waals surface area (Å²) in [7, 11) is -3.71. The van der Waals surface area contributed by atoms with Crippen molar-refractivity contribution in [2.45, 2.75) is 24.6 Å². The summed E-state index contributed by atoms with van der Waals surface area (Å²) in [5, 5.41) is 16.7. The van der Waals surface area contributed by atoms with Gasteiger partial charge in [-0.05, 0) is 18.9 Å². The van der Waals surface area contributed by atoms with Crippen LogP contribution in [0.2, 0.25) is 0 Å². The van der Waals surface area contributed by atoms with E-state index in [-0.39, 0.29) is 6.61 Å². The Morgan fingerprint density at radius 1 is 1.39 bits per heavy atom. The molecular weight excluding hydrogens is 252 g/mol. The molecule has 1 aromatic rings. The second kappa shape index (κ2) is 6.50. The average Bonchev–Trinajstić information content (AvgIpc) is 2.37. The average molecular weight is 268 g/mol. The summed E-state index contributed by atoms with van der Waals surface area (Å²) in [6, 6.07) is 10.3. The molecule has 0 aliphatic rings. The minimum absolute atomic E-state index is 0.313. The van der Waals surface area contributed by atoms with Gasteiger partial charge in [0.1, 0.15) is 0 Å². The second-order valence-electron chi connectivity index (χ2n) is 4.00. The quantitative estimate of drug-likeness (QED) is 0.782. The van der Waals surface area contributed by atoms with Crippen LogP contribution in [-0.4, -0.2) is 31.4 Å². The summed E-state index contributed by atoms with van der Waals surface area (Å²) in [5.41, 5.74) is 0.920. The summed E-state index contributed by atoms with van der Waals surface area (Å²) in [4.78, 5) is 0. The van der Waals surface area contributed by atoms with Crippen molar-refractivity contribution in [3.05, 3.63) is 35.9 Å². The molecule has 6 heteroatoms. The van der Waals surface area contributed by atoms with Crippen molar-refractivity contribution >= 4 is 10.0 Å². The molecule has 0 bridgehead atoms. The topological polar surface area (TPSA) is 90.2 Å². The highest BCUT2D eigenvalue weighted by Crippen LogP contribution is 2.05. The fourth-order valence-electron chi connectivity index (χ4n) is 1.45. The summed E-state index contributed by atoms with van der Waals surface area (Å²) >= 11 is 0. The Labute approximate surface area is 107 Å². The number of hydrogen-bond donors (Lipinski definition) is 2. The van der Waals surface area contributed by atoms with Gasteiger partial charge in [0, 0.05) is 6.04 Å². The van der Waals surface area contributed by atoms with Gasteiger partial charge in [-0.25, -0.2) is 13.1 Å². The van der Waals surface area contributed by atoms with Gasteiger partial charge >= 0.3 is 0 Å². The van der Waals surface area contributed by atoms with Crippen LogP contribution >= 0.6 is 0 Å². The lowest BCUT2D eigenvalue weighted by molar-refractivity contribution is 0.256. The first kappa shape index (κ1) is 14.6. The van der Waals surface area contributed by atoms with Crippen LogP contribution in [0.1, 0.15) is 12.5 Å². The monoisotopic (exact) mass is 268 g/mol. The Bertz CT molecular complexity index is 508. The Kier molecular flexibility index (Phi) is 5.28.